The molecule has 7 nitrogen and oxygen atoms in total. The zero-order valence-corrected chi connectivity index (χ0v) is 11.8. The van der Waals surface area contributed by atoms with Crippen molar-refractivity contribution in [3.63, 3.8) is 0 Å². The third-order valence-corrected chi connectivity index (χ3v) is 3.87. The number of nitrogens with zero attached hydrogens (tertiary/aromatic N) is 2. The van der Waals surface area contributed by atoms with Gasteiger partial charge in [0.2, 0.25) is 5.91 Å². The fourth-order valence-corrected chi connectivity index (χ4v) is 2.64. The Kier molecular flexibility index (Phi) is 2.14. The predicted octanol–water partition coefficient (Wildman–Crippen LogP) is 0.439. The lowest BCUT2D eigenvalue weighted by molar-refractivity contribution is -0.140. The van der Waals surface area contributed by atoms with E-state index in [1.54, 1.807) is 0 Å². The number of hydrogen-bond donors (Lipinski definition) is 2. The number of amides is 2. The van der Waals surface area contributed by atoms with Gasteiger partial charge in [0.1, 0.15) is 11.4 Å². The van der Waals surface area contributed by atoms with E-state index in [-0.39, 0.29) is 35.3 Å². The maximum absolute atomic E-state index is 13.1. The number of fused-ring (bicyclic) bond motifs is 1. The average Bonchev–Trinajstić information content (AvgIpc) is 2.60. The first kappa shape index (κ1) is 10.1. The largest absolute Gasteiger partial charge is 0.398 e. The number of nitrogen functional groups attached to an aromatic ring is 1. The Bertz CT molecular complexity index is 1040. The van der Waals surface area contributed by atoms with Crippen molar-refractivity contribution in [1.29, 1.82) is 0 Å². The Morgan fingerprint density at radius 2 is 2.23 bits per heavy atom. The van der Waals surface area contributed by atoms with Gasteiger partial charge in [0.15, 0.2) is 0 Å². The predicted molar refractivity (Wildman–Crippen MR) is 81.2 cm³/mol. The molecule has 1 unspecified atom stereocenters. The second-order valence-electron chi connectivity index (χ2n) is 5.33. The van der Waals surface area contributed by atoms with Crippen LogP contribution in [0.4, 0.5) is 5.69 Å². The quantitative estimate of drug-likeness (QED) is 0.587. The number of benzene rings is 1. The van der Waals surface area contributed by atoms with Crippen LogP contribution in [-0.4, -0.2) is 21.4 Å². The van der Waals surface area contributed by atoms with Crippen LogP contribution in [0.3, 0.4) is 0 Å². The molecule has 0 aliphatic carbocycles. The van der Waals surface area contributed by atoms with E-state index in [0.29, 0.717) is 0 Å². The summed E-state index contributed by atoms with van der Waals surface area (Å²) >= 11 is 0. The molecule has 0 radical (unpaired) electrons. The number of carbonyl (C=O) groups excluding carboxylic acids is 2. The van der Waals surface area contributed by atoms with E-state index in [2.05, 4.69) is 10.3 Å². The van der Waals surface area contributed by atoms with E-state index in [1.807, 2.05) is 0 Å². The average molecular weight is 304 g/mol. The minimum Gasteiger partial charge on any atom is -0.398 e. The number of hydrogen-bond acceptors (Lipinski definition) is 5. The van der Waals surface area contributed by atoms with Gasteiger partial charge in [-0.05, 0) is 32.3 Å². The van der Waals surface area contributed by atoms with Gasteiger partial charge in [0, 0.05) is 13.5 Å². The summed E-state index contributed by atoms with van der Waals surface area (Å²) in [5.41, 5.74) is 3.12. The molecule has 22 heavy (non-hydrogen) atoms. The van der Waals surface area contributed by atoms with Crippen LogP contribution < -0.4 is 16.6 Å². The van der Waals surface area contributed by atoms with E-state index in [0.717, 1.165) is 4.57 Å². The van der Waals surface area contributed by atoms with Crippen molar-refractivity contribution in [2.75, 3.05) is 5.73 Å². The highest BCUT2D eigenvalue weighted by molar-refractivity contribution is 6.01. The number of carbonyl (C=O) groups is 2. The molecule has 2 aromatic rings. The van der Waals surface area contributed by atoms with Crippen LogP contribution in [0.25, 0.3) is 10.9 Å². The molecule has 7 heteroatoms. The zero-order chi connectivity index (χ0) is 19.4. The van der Waals surface area contributed by atoms with Gasteiger partial charge in [0.05, 0.1) is 15.0 Å². The van der Waals surface area contributed by atoms with Gasteiger partial charge in [0.25, 0.3) is 11.5 Å². The maximum atomic E-state index is 13.1. The number of piperidine rings is 1. The molecule has 3 rings (SSSR count). The Labute approximate surface area is 131 Å². The fourth-order valence-electron chi connectivity index (χ4n) is 2.64. The third-order valence-electron chi connectivity index (χ3n) is 3.87. The van der Waals surface area contributed by atoms with Crippen LogP contribution >= 0.6 is 0 Å². The van der Waals surface area contributed by atoms with Crippen LogP contribution in [0, 0.1) is 6.90 Å². The van der Waals surface area contributed by atoms with Gasteiger partial charge in [-0.1, -0.05) is 6.04 Å². The summed E-state index contributed by atoms with van der Waals surface area (Å²) in [5.74, 6) is -1.24. The van der Waals surface area contributed by atoms with Crippen molar-refractivity contribution < 1.29 is 15.1 Å². The Balaban J connectivity index is 2.44. The molecule has 1 aromatic carbocycles. The lowest BCUT2D eigenvalue weighted by Gasteiger charge is -2.34. The second-order valence-corrected chi connectivity index (χ2v) is 5.33. The molecule has 0 saturated carbocycles. The second kappa shape index (κ2) is 4.66. The van der Waals surface area contributed by atoms with Crippen molar-refractivity contribution >= 4 is 28.4 Å². The van der Waals surface area contributed by atoms with Crippen molar-refractivity contribution in [2.24, 2.45) is 0 Å². The normalized spacial score (nSPS) is 24.4. The zero-order valence-electron chi connectivity index (χ0n) is 15.8. The first-order valence-corrected chi connectivity index (χ1v) is 6.58. The van der Waals surface area contributed by atoms with Crippen LogP contribution in [-0.2, 0) is 15.1 Å². The Hall–Kier alpha value is -2.70. The summed E-state index contributed by atoms with van der Waals surface area (Å²) in [4.78, 5) is 41.2. The highest BCUT2D eigenvalue weighted by atomic mass is 16.2. The van der Waals surface area contributed by atoms with Gasteiger partial charge >= 0.3 is 0 Å². The first-order valence-electron chi connectivity index (χ1n) is 8.79. The highest BCUT2D eigenvalue weighted by Crippen LogP contribution is 2.27. The van der Waals surface area contributed by atoms with Crippen molar-refractivity contribution in [2.45, 2.75) is 32.2 Å². The molecular formula is C15H16N4O3. The molecule has 1 saturated heterocycles. The minimum atomic E-state index is -1.46. The lowest BCUT2D eigenvalue weighted by atomic mass is 9.90. The molecule has 2 heterocycles. The first-order chi connectivity index (χ1) is 12.1. The maximum Gasteiger partial charge on any atom is 0.264 e. The number of nitrogens with two attached hydrogens (primary N) is 1. The number of imide groups is 1. The molecule has 1 fully saturated rings. The van der Waals surface area contributed by atoms with Crippen molar-refractivity contribution in [3.8, 4) is 0 Å². The standard InChI is InChI=1S/C15H16N4O3/c1-8-17-10-5-3-4-9(16)12(10)13(21)19(8)15(2)7-6-11(20)18-14(15)22/h3-5H,6-7,16H2,1-2H3,(H,18,20,22)/i1D,3D,4D,5D. The number of anilines is 1. The fraction of sp³-hybridized carbons (Fsp3) is 0.333. The molecule has 1 aliphatic rings. The molecular weight excluding hydrogens is 284 g/mol. The number of aromatic nitrogens is 2. The summed E-state index contributed by atoms with van der Waals surface area (Å²) < 4.78 is 32.2. The van der Waals surface area contributed by atoms with Crippen molar-refractivity contribution in [1.82, 2.24) is 14.9 Å². The van der Waals surface area contributed by atoms with Crippen molar-refractivity contribution in [3.05, 3.63) is 34.3 Å². The number of nitrogens with one attached hydrogen (secondary N) is 1. The molecule has 3 N–H and O–H groups in total. The van der Waals surface area contributed by atoms with Crippen LogP contribution in [0.2, 0.25) is 0 Å². The molecule has 114 valence electrons. The SMILES string of the molecule is [2H]Cc1nc2c([2H])c([2H])c([2H])c(N)c2c(=O)n1C1(C)CCC(=O)NC1=O. The highest BCUT2D eigenvalue weighted by Gasteiger charge is 2.42. The van der Waals surface area contributed by atoms with Crippen LogP contribution in [0.1, 0.15) is 31.1 Å². The summed E-state index contributed by atoms with van der Waals surface area (Å²) in [7, 11) is 0. The number of aryl methyl sites for hydroxylation is 1. The molecule has 1 aromatic heterocycles. The molecule has 1 aliphatic heterocycles. The van der Waals surface area contributed by atoms with Gasteiger partial charge in [-0.25, -0.2) is 4.98 Å². The molecule has 0 bridgehead atoms. The Morgan fingerprint density at radius 3 is 2.91 bits per heavy atom. The summed E-state index contributed by atoms with van der Waals surface area (Å²) in [6.07, 6.45) is 0.0499. The Morgan fingerprint density at radius 1 is 1.45 bits per heavy atom. The van der Waals surface area contributed by atoms with E-state index in [1.165, 1.54) is 6.92 Å². The van der Waals surface area contributed by atoms with E-state index < -0.39 is 47.9 Å². The molecule has 0 spiro atoms. The topological polar surface area (TPSA) is 107 Å². The summed E-state index contributed by atoms with van der Waals surface area (Å²) in [6, 6.07) is -1.38. The molecule has 2 amide bonds. The van der Waals surface area contributed by atoms with E-state index in [9.17, 15) is 14.4 Å². The van der Waals surface area contributed by atoms with Crippen LogP contribution in [0.15, 0.2) is 22.9 Å². The third kappa shape index (κ3) is 1.89. The van der Waals surface area contributed by atoms with E-state index >= 15 is 0 Å². The smallest absolute Gasteiger partial charge is 0.264 e. The van der Waals surface area contributed by atoms with Gasteiger partial charge in [-0.2, -0.15) is 0 Å². The summed E-state index contributed by atoms with van der Waals surface area (Å²) in [6.45, 7) is 0.998. The lowest BCUT2D eigenvalue weighted by Crippen LogP contribution is -2.56. The van der Waals surface area contributed by atoms with Gasteiger partial charge < -0.3 is 5.73 Å². The van der Waals surface area contributed by atoms with Gasteiger partial charge in [-0.3, -0.25) is 24.3 Å². The minimum absolute atomic E-state index is 0.0126. The van der Waals surface area contributed by atoms with E-state index in [4.69, 9.17) is 11.2 Å². The van der Waals surface area contributed by atoms with Gasteiger partial charge in [-0.15, -0.1) is 0 Å². The number of rotatable bonds is 1. The van der Waals surface area contributed by atoms with Crippen LogP contribution in [0.5, 0.6) is 0 Å². The monoisotopic (exact) mass is 304 g/mol. The summed E-state index contributed by atoms with van der Waals surface area (Å²) in [5, 5.41) is 1.94. The molecule has 1 atom stereocenters.